The van der Waals surface area contributed by atoms with Gasteiger partial charge in [0.25, 0.3) is 0 Å². The quantitative estimate of drug-likeness (QED) is 0.407. The Morgan fingerprint density at radius 1 is 1.11 bits per heavy atom. The molecule has 0 fully saturated rings. The van der Waals surface area contributed by atoms with Crippen molar-refractivity contribution in [2.24, 2.45) is 0 Å². The average molecular weight is 475 g/mol. The molecule has 0 heterocycles. The van der Waals surface area contributed by atoms with Crippen molar-refractivity contribution in [1.82, 2.24) is 10.0 Å². The summed E-state index contributed by atoms with van der Waals surface area (Å²) in [7, 11) is -3.63. The summed E-state index contributed by atoms with van der Waals surface area (Å²) in [6.45, 7) is 0.538. The molecule has 0 aliphatic carbocycles. The molecule has 146 valence electrons. The predicted molar refractivity (Wildman–Crippen MR) is 109 cm³/mol. The first-order valence-corrected chi connectivity index (χ1v) is 11.5. The van der Waals surface area contributed by atoms with Crippen LogP contribution in [0.15, 0.2) is 62.8 Å². The number of carbonyl (C=O) groups excluding carboxylic acids is 1. The molecule has 0 aliphatic rings. The van der Waals surface area contributed by atoms with E-state index in [0.717, 1.165) is 17.1 Å². The maximum atomic E-state index is 12.8. The molecule has 2 aromatic rings. The molecule has 0 aliphatic heterocycles. The summed E-state index contributed by atoms with van der Waals surface area (Å²) in [6.07, 6.45) is 0.829. The van der Waals surface area contributed by atoms with Crippen LogP contribution >= 0.6 is 27.7 Å². The van der Waals surface area contributed by atoms with E-state index in [4.69, 9.17) is 0 Å². The van der Waals surface area contributed by atoms with Crippen LogP contribution in [-0.4, -0.2) is 33.2 Å². The average Bonchev–Trinajstić information content (AvgIpc) is 2.63. The lowest BCUT2D eigenvalue weighted by Gasteiger charge is -2.08. The number of sulfonamides is 1. The van der Waals surface area contributed by atoms with Gasteiger partial charge in [0, 0.05) is 28.9 Å². The summed E-state index contributed by atoms with van der Waals surface area (Å²) in [5.41, 5.74) is 0. The maximum absolute atomic E-state index is 12.8. The van der Waals surface area contributed by atoms with Gasteiger partial charge in [0.15, 0.2) is 0 Å². The molecule has 1 amide bonds. The van der Waals surface area contributed by atoms with Crippen LogP contribution in [0.2, 0.25) is 0 Å². The van der Waals surface area contributed by atoms with Crippen LogP contribution in [-0.2, 0) is 14.8 Å². The van der Waals surface area contributed by atoms with Gasteiger partial charge >= 0.3 is 0 Å². The minimum absolute atomic E-state index is 0.0327. The lowest BCUT2D eigenvalue weighted by atomic mass is 10.3. The summed E-state index contributed by atoms with van der Waals surface area (Å²) >= 11 is 4.82. The van der Waals surface area contributed by atoms with Gasteiger partial charge in [0.1, 0.15) is 5.82 Å². The lowest BCUT2D eigenvalue weighted by Crippen LogP contribution is -2.31. The van der Waals surface area contributed by atoms with Gasteiger partial charge in [-0.15, -0.1) is 11.8 Å². The molecule has 0 spiro atoms. The Kier molecular flexibility index (Phi) is 8.75. The fourth-order valence-corrected chi connectivity index (χ4v) is 4.61. The van der Waals surface area contributed by atoms with E-state index in [1.165, 1.54) is 24.3 Å². The largest absolute Gasteiger partial charge is 0.356 e. The van der Waals surface area contributed by atoms with Gasteiger partial charge < -0.3 is 5.32 Å². The summed E-state index contributed by atoms with van der Waals surface area (Å²) in [5, 5.41) is 2.76. The van der Waals surface area contributed by atoms with Crippen molar-refractivity contribution in [2.45, 2.75) is 22.6 Å². The molecule has 27 heavy (non-hydrogen) atoms. The second kappa shape index (κ2) is 10.8. The number of amides is 1. The fourth-order valence-electron chi connectivity index (χ4n) is 2.13. The summed E-state index contributed by atoms with van der Waals surface area (Å²) in [6, 6.07) is 12.6. The minimum atomic E-state index is -3.63. The van der Waals surface area contributed by atoms with Crippen molar-refractivity contribution in [1.29, 1.82) is 0 Å². The molecule has 9 heteroatoms. The van der Waals surface area contributed by atoms with Crippen LogP contribution < -0.4 is 10.0 Å². The van der Waals surface area contributed by atoms with E-state index in [1.807, 2.05) is 0 Å². The number of rotatable bonds is 10. The number of nitrogens with one attached hydrogen (secondary N) is 2. The SMILES string of the molecule is O=C(CCNS(=O)(=O)c1cccc(Br)c1)NCCCSc1ccc(F)cc1. The summed E-state index contributed by atoms with van der Waals surface area (Å²) < 4.78 is 40.2. The van der Waals surface area contributed by atoms with Crippen molar-refractivity contribution >= 4 is 43.6 Å². The molecular formula is C18H20BrFN2O3S2. The van der Waals surface area contributed by atoms with Crippen LogP contribution in [0.3, 0.4) is 0 Å². The van der Waals surface area contributed by atoms with Crippen molar-refractivity contribution in [3.05, 3.63) is 58.8 Å². The minimum Gasteiger partial charge on any atom is -0.356 e. The van der Waals surface area contributed by atoms with Crippen molar-refractivity contribution < 1.29 is 17.6 Å². The van der Waals surface area contributed by atoms with Gasteiger partial charge in [-0.25, -0.2) is 17.5 Å². The Morgan fingerprint density at radius 3 is 2.56 bits per heavy atom. The number of halogens is 2. The smallest absolute Gasteiger partial charge is 0.240 e. The molecule has 0 saturated carbocycles. The molecule has 5 nitrogen and oxygen atoms in total. The van der Waals surface area contributed by atoms with Gasteiger partial charge in [0.05, 0.1) is 4.90 Å². The Labute approximate surface area is 171 Å². The zero-order valence-corrected chi connectivity index (χ0v) is 17.7. The second-order valence-electron chi connectivity index (χ2n) is 5.61. The number of hydrogen-bond acceptors (Lipinski definition) is 4. The summed E-state index contributed by atoms with van der Waals surface area (Å²) in [5.74, 6) is 0.322. The molecule has 0 bridgehead atoms. The fraction of sp³-hybridized carbons (Fsp3) is 0.278. The van der Waals surface area contributed by atoms with E-state index < -0.39 is 10.0 Å². The van der Waals surface area contributed by atoms with Crippen LogP contribution in [0.4, 0.5) is 4.39 Å². The van der Waals surface area contributed by atoms with Gasteiger partial charge in [0.2, 0.25) is 15.9 Å². The van der Waals surface area contributed by atoms with Gasteiger partial charge in [-0.3, -0.25) is 4.79 Å². The Balaban J connectivity index is 1.61. The van der Waals surface area contributed by atoms with E-state index in [-0.39, 0.29) is 29.6 Å². The van der Waals surface area contributed by atoms with Crippen LogP contribution in [0.5, 0.6) is 0 Å². The topological polar surface area (TPSA) is 75.3 Å². The molecule has 0 aromatic heterocycles. The molecule has 2 N–H and O–H groups in total. The monoisotopic (exact) mass is 474 g/mol. The molecular weight excluding hydrogens is 455 g/mol. The summed E-state index contributed by atoms with van der Waals surface area (Å²) in [4.78, 5) is 12.9. The van der Waals surface area contributed by atoms with Crippen molar-refractivity contribution in [3.63, 3.8) is 0 Å². The third-order valence-electron chi connectivity index (χ3n) is 3.48. The van der Waals surface area contributed by atoms with E-state index in [0.29, 0.717) is 11.0 Å². The predicted octanol–water partition coefficient (Wildman–Crippen LogP) is 3.56. The first-order valence-electron chi connectivity index (χ1n) is 8.27. The van der Waals surface area contributed by atoms with E-state index in [1.54, 1.807) is 36.0 Å². The molecule has 0 unspecified atom stereocenters. The van der Waals surface area contributed by atoms with Crippen molar-refractivity contribution in [3.8, 4) is 0 Å². The molecule has 0 saturated heterocycles. The van der Waals surface area contributed by atoms with Gasteiger partial charge in [-0.05, 0) is 54.6 Å². The highest BCUT2D eigenvalue weighted by atomic mass is 79.9. The normalized spacial score (nSPS) is 11.3. The number of benzene rings is 2. The maximum Gasteiger partial charge on any atom is 0.240 e. The molecule has 0 radical (unpaired) electrons. The Morgan fingerprint density at radius 2 is 1.85 bits per heavy atom. The first-order chi connectivity index (χ1) is 12.9. The Bertz CT molecular complexity index is 861. The van der Waals surface area contributed by atoms with Crippen LogP contribution in [0, 0.1) is 5.82 Å². The van der Waals surface area contributed by atoms with Crippen LogP contribution in [0.25, 0.3) is 0 Å². The first kappa shape index (κ1) is 21.9. The third-order valence-corrected chi connectivity index (χ3v) is 6.53. The van der Waals surface area contributed by atoms with Crippen LogP contribution in [0.1, 0.15) is 12.8 Å². The molecule has 0 atom stereocenters. The van der Waals surface area contributed by atoms with Crippen molar-refractivity contribution in [2.75, 3.05) is 18.8 Å². The lowest BCUT2D eigenvalue weighted by molar-refractivity contribution is -0.120. The molecule has 2 aromatic carbocycles. The van der Waals surface area contributed by atoms with E-state index in [9.17, 15) is 17.6 Å². The highest BCUT2D eigenvalue weighted by Crippen LogP contribution is 2.18. The number of thioether (sulfide) groups is 1. The number of hydrogen-bond donors (Lipinski definition) is 2. The zero-order chi connectivity index (χ0) is 19.7. The van der Waals surface area contributed by atoms with E-state index >= 15 is 0 Å². The Hall–Kier alpha value is -1.42. The standard InChI is InChI=1S/C18H20BrFN2O3S2/c19-14-3-1-4-17(13-14)27(24,25)22-11-9-18(23)21-10-2-12-26-16-7-5-15(20)6-8-16/h1,3-8,13,22H,2,9-12H2,(H,21,23). The molecule has 2 rings (SSSR count). The zero-order valence-electron chi connectivity index (χ0n) is 14.5. The van der Waals surface area contributed by atoms with Gasteiger partial charge in [-0.2, -0.15) is 0 Å². The van der Waals surface area contributed by atoms with Gasteiger partial charge in [-0.1, -0.05) is 22.0 Å². The number of carbonyl (C=O) groups is 1. The third kappa shape index (κ3) is 8.00. The highest BCUT2D eigenvalue weighted by Gasteiger charge is 2.14. The van der Waals surface area contributed by atoms with E-state index in [2.05, 4.69) is 26.0 Å². The highest BCUT2D eigenvalue weighted by molar-refractivity contribution is 9.10. The second-order valence-corrected chi connectivity index (χ2v) is 9.46.